The third-order valence-electron chi connectivity index (χ3n) is 1.84. The minimum Gasteiger partial charge on any atom is -0.381 e. The Balaban J connectivity index is 2.15. The molecule has 0 amide bonds. The van der Waals surface area contributed by atoms with E-state index in [-0.39, 0.29) is 0 Å². The standard InChI is InChI=1S/C8H14O/c1-2-3-8-4-6-9-7-5-8/h2,8H,1,3-7H2. The highest BCUT2D eigenvalue weighted by Gasteiger charge is 2.10. The lowest BCUT2D eigenvalue weighted by Gasteiger charge is -2.19. The van der Waals surface area contributed by atoms with Crippen LogP contribution in [-0.2, 0) is 4.74 Å². The van der Waals surface area contributed by atoms with Crippen LogP contribution in [0.5, 0.6) is 0 Å². The van der Waals surface area contributed by atoms with E-state index in [1.54, 1.807) is 0 Å². The average molecular weight is 126 g/mol. The normalized spacial score (nSPS) is 21.8. The molecule has 1 nitrogen and oxygen atoms in total. The van der Waals surface area contributed by atoms with Crippen molar-refractivity contribution < 1.29 is 4.74 Å². The average Bonchev–Trinajstić information content (AvgIpc) is 1.91. The lowest BCUT2D eigenvalue weighted by molar-refractivity contribution is 0.0673. The second-order valence-electron chi connectivity index (χ2n) is 2.58. The molecule has 0 aromatic carbocycles. The topological polar surface area (TPSA) is 9.23 Å². The van der Waals surface area contributed by atoms with Gasteiger partial charge in [0.1, 0.15) is 0 Å². The van der Waals surface area contributed by atoms with Crippen LogP contribution in [0.3, 0.4) is 0 Å². The smallest absolute Gasteiger partial charge is 0.0468 e. The summed E-state index contributed by atoms with van der Waals surface area (Å²) in [7, 11) is 0. The molecule has 0 bridgehead atoms. The Morgan fingerprint density at radius 3 is 2.67 bits per heavy atom. The summed E-state index contributed by atoms with van der Waals surface area (Å²) in [5.74, 6) is 0.858. The number of hydrogen-bond acceptors (Lipinski definition) is 1. The minimum atomic E-state index is 0.858. The molecule has 0 aromatic rings. The summed E-state index contributed by atoms with van der Waals surface area (Å²) in [5, 5.41) is 0. The summed E-state index contributed by atoms with van der Waals surface area (Å²) in [6.45, 7) is 5.63. The quantitative estimate of drug-likeness (QED) is 0.514. The fraction of sp³-hybridized carbons (Fsp3) is 0.750. The maximum atomic E-state index is 5.21. The van der Waals surface area contributed by atoms with Crippen LogP contribution in [-0.4, -0.2) is 13.2 Å². The van der Waals surface area contributed by atoms with Crippen LogP contribution in [0.2, 0.25) is 0 Å². The van der Waals surface area contributed by atoms with Crippen LogP contribution in [0.4, 0.5) is 0 Å². The Kier molecular flexibility index (Phi) is 2.78. The van der Waals surface area contributed by atoms with Gasteiger partial charge in [-0.2, -0.15) is 0 Å². The minimum absolute atomic E-state index is 0.858. The molecular formula is C8H14O. The summed E-state index contributed by atoms with van der Waals surface area (Å²) >= 11 is 0. The third-order valence-corrected chi connectivity index (χ3v) is 1.84. The lowest BCUT2D eigenvalue weighted by Crippen LogP contribution is -2.14. The molecule has 0 aromatic heterocycles. The highest BCUT2D eigenvalue weighted by Crippen LogP contribution is 2.17. The Hall–Kier alpha value is -0.300. The van der Waals surface area contributed by atoms with E-state index in [0.29, 0.717) is 0 Å². The predicted octanol–water partition coefficient (Wildman–Crippen LogP) is 1.99. The monoisotopic (exact) mass is 126 g/mol. The van der Waals surface area contributed by atoms with Gasteiger partial charge in [0.25, 0.3) is 0 Å². The van der Waals surface area contributed by atoms with Gasteiger partial charge in [-0.1, -0.05) is 6.08 Å². The van der Waals surface area contributed by atoms with E-state index >= 15 is 0 Å². The first-order valence-corrected chi connectivity index (χ1v) is 3.62. The van der Waals surface area contributed by atoms with E-state index in [2.05, 4.69) is 6.58 Å². The van der Waals surface area contributed by atoms with Crippen molar-refractivity contribution in [2.45, 2.75) is 19.3 Å². The van der Waals surface area contributed by atoms with Crippen LogP contribution < -0.4 is 0 Å². The van der Waals surface area contributed by atoms with Crippen molar-refractivity contribution in [3.05, 3.63) is 12.7 Å². The van der Waals surface area contributed by atoms with Crippen LogP contribution >= 0.6 is 0 Å². The van der Waals surface area contributed by atoms with E-state index in [1.807, 2.05) is 6.08 Å². The van der Waals surface area contributed by atoms with Gasteiger partial charge in [-0.25, -0.2) is 0 Å². The maximum Gasteiger partial charge on any atom is 0.0468 e. The molecule has 1 heteroatoms. The number of allylic oxidation sites excluding steroid dienone is 1. The van der Waals surface area contributed by atoms with E-state index < -0.39 is 0 Å². The Bertz CT molecular complexity index is 82.6. The molecule has 0 radical (unpaired) electrons. The Labute approximate surface area is 56.7 Å². The van der Waals surface area contributed by atoms with Crippen molar-refractivity contribution in [2.24, 2.45) is 5.92 Å². The van der Waals surface area contributed by atoms with Gasteiger partial charge in [-0.15, -0.1) is 6.58 Å². The summed E-state index contributed by atoms with van der Waals surface area (Å²) in [6.07, 6.45) is 5.64. The fourth-order valence-corrected chi connectivity index (χ4v) is 1.22. The summed E-state index contributed by atoms with van der Waals surface area (Å²) < 4.78 is 5.21. The molecular weight excluding hydrogens is 112 g/mol. The zero-order valence-corrected chi connectivity index (χ0v) is 5.81. The molecule has 52 valence electrons. The number of ether oxygens (including phenoxy) is 1. The van der Waals surface area contributed by atoms with E-state index in [1.165, 1.54) is 19.3 Å². The van der Waals surface area contributed by atoms with Crippen molar-refractivity contribution in [3.63, 3.8) is 0 Å². The van der Waals surface area contributed by atoms with E-state index in [4.69, 9.17) is 4.74 Å². The molecule has 0 spiro atoms. The molecule has 0 aliphatic carbocycles. The molecule has 1 rings (SSSR count). The van der Waals surface area contributed by atoms with Gasteiger partial charge in [0, 0.05) is 13.2 Å². The van der Waals surface area contributed by atoms with Crippen molar-refractivity contribution in [1.82, 2.24) is 0 Å². The lowest BCUT2D eigenvalue weighted by atomic mass is 9.97. The fourth-order valence-electron chi connectivity index (χ4n) is 1.22. The van der Waals surface area contributed by atoms with Crippen molar-refractivity contribution in [2.75, 3.05) is 13.2 Å². The van der Waals surface area contributed by atoms with Crippen LogP contribution in [0, 0.1) is 5.92 Å². The SMILES string of the molecule is C=CCC1CCOCC1. The molecule has 0 atom stereocenters. The number of rotatable bonds is 2. The zero-order valence-electron chi connectivity index (χ0n) is 5.81. The Morgan fingerprint density at radius 2 is 2.11 bits per heavy atom. The highest BCUT2D eigenvalue weighted by atomic mass is 16.5. The van der Waals surface area contributed by atoms with Gasteiger partial charge < -0.3 is 4.74 Å². The zero-order chi connectivity index (χ0) is 6.53. The summed E-state index contributed by atoms with van der Waals surface area (Å²) in [6, 6.07) is 0. The summed E-state index contributed by atoms with van der Waals surface area (Å²) in [4.78, 5) is 0. The molecule has 0 unspecified atom stereocenters. The van der Waals surface area contributed by atoms with Crippen LogP contribution in [0.1, 0.15) is 19.3 Å². The second-order valence-corrected chi connectivity index (χ2v) is 2.58. The summed E-state index contributed by atoms with van der Waals surface area (Å²) in [5.41, 5.74) is 0. The first-order chi connectivity index (χ1) is 4.43. The highest BCUT2D eigenvalue weighted by molar-refractivity contribution is 4.74. The van der Waals surface area contributed by atoms with Gasteiger partial charge >= 0.3 is 0 Å². The number of hydrogen-bond donors (Lipinski definition) is 0. The molecule has 0 saturated carbocycles. The maximum absolute atomic E-state index is 5.21. The third kappa shape index (κ3) is 2.19. The first kappa shape index (κ1) is 6.81. The van der Waals surface area contributed by atoms with Crippen molar-refractivity contribution in [3.8, 4) is 0 Å². The largest absolute Gasteiger partial charge is 0.381 e. The van der Waals surface area contributed by atoms with Gasteiger partial charge in [-0.3, -0.25) is 0 Å². The van der Waals surface area contributed by atoms with Crippen molar-refractivity contribution >= 4 is 0 Å². The van der Waals surface area contributed by atoms with E-state index in [0.717, 1.165) is 19.1 Å². The molecule has 1 saturated heterocycles. The van der Waals surface area contributed by atoms with Crippen molar-refractivity contribution in [1.29, 1.82) is 0 Å². The molecule has 0 N–H and O–H groups in total. The molecule has 1 aliphatic rings. The molecule has 9 heavy (non-hydrogen) atoms. The van der Waals surface area contributed by atoms with Gasteiger partial charge in [0.15, 0.2) is 0 Å². The van der Waals surface area contributed by atoms with Crippen LogP contribution in [0.25, 0.3) is 0 Å². The first-order valence-electron chi connectivity index (χ1n) is 3.62. The second kappa shape index (κ2) is 3.67. The van der Waals surface area contributed by atoms with Crippen LogP contribution in [0.15, 0.2) is 12.7 Å². The van der Waals surface area contributed by atoms with Gasteiger partial charge in [0.2, 0.25) is 0 Å². The Morgan fingerprint density at radius 1 is 1.44 bits per heavy atom. The van der Waals surface area contributed by atoms with E-state index in [9.17, 15) is 0 Å². The molecule has 1 fully saturated rings. The molecule has 1 aliphatic heterocycles. The predicted molar refractivity (Wildman–Crippen MR) is 38.4 cm³/mol. The van der Waals surface area contributed by atoms with Gasteiger partial charge in [0.05, 0.1) is 0 Å². The van der Waals surface area contributed by atoms with Gasteiger partial charge in [-0.05, 0) is 25.2 Å². The molecule has 1 heterocycles.